The van der Waals surface area contributed by atoms with Crippen LogP contribution in [0.4, 0.5) is 0 Å². The number of carbonyl (C=O) groups is 1. The largest absolute Gasteiger partial charge is 0.457 e. The van der Waals surface area contributed by atoms with Gasteiger partial charge in [-0.05, 0) is 38.6 Å². The van der Waals surface area contributed by atoms with Crippen molar-refractivity contribution in [3.05, 3.63) is 29.0 Å². The van der Waals surface area contributed by atoms with Crippen molar-refractivity contribution in [2.24, 2.45) is 0 Å². The van der Waals surface area contributed by atoms with Gasteiger partial charge in [0.05, 0.1) is 5.56 Å². The standard InChI is InChI=1S/C12H15ClN2O2/c1-15-7-3-4-9(8-15)17-12(16)10-5-2-6-14-11(10)13/h2,5-6,9H,3-4,7-8H2,1H3/t9-/m0/s1. The summed E-state index contributed by atoms with van der Waals surface area (Å²) in [5.41, 5.74) is 0.336. The third-order valence-corrected chi connectivity index (χ3v) is 3.14. The number of esters is 1. The number of pyridine rings is 1. The quantitative estimate of drug-likeness (QED) is 0.598. The summed E-state index contributed by atoms with van der Waals surface area (Å²) in [6.07, 6.45) is 3.47. The SMILES string of the molecule is CN1CCC[C@H](OC(=O)c2cccnc2Cl)C1. The fourth-order valence-electron chi connectivity index (χ4n) is 1.97. The summed E-state index contributed by atoms with van der Waals surface area (Å²) in [5, 5.41) is 0.196. The summed E-state index contributed by atoms with van der Waals surface area (Å²) in [6.45, 7) is 1.84. The van der Waals surface area contributed by atoms with Gasteiger partial charge in [-0.3, -0.25) is 0 Å². The van der Waals surface area contributed by atoms with E-state index >= 15 is 0 Å². The Morgan fingerprint density at radius 3 is 3.18 bits per heavy atom. The fourth-order valence-corrected chi connectivity index (χ4v) is 2.16. The number of nitrogens with zero attached hydrogens (tertiary/aromatic N) is 2. The third kappa shape index (κ3) is 3.17. The van der Waals surface area contributed by atoms with Crippen LogP contribution in [0.15, 0.2) is 18.3 Å². The normalized spacial score (nSPS) is 21.2. The zero-order valence-corrected chi connectivity index (χ0v) is 10.5. The molecule has 0 unspecified atom stereocenters. The van der Waals surface area contributed by atoms with Gasteiger partial charge in [0.2, 0.25) is 0 Å². The lowest BCUT2D eigenvalue weighted by Crippen LogP contribution is -2.38. The van der Waals surface area contributed by atoms with Crippen molar-refractivity contribution in [1.82, 2.24) is 9.88 Å². The molecule has 1 aromatic heterocycles. The number of hydrogen-bond donors (Lipinski definition) is 0. The van der Waals surface area contributed by atoms with Crippen molar-refractivity contribution < 1.29 is 9.53 Å². The number of likely N-dealkylation sites (tertiary alicyclic amines) is 1. The van der Waals surface area contributed by atoms with Crippen molar-refractivity contribution in [3.8, 4) is 0 Å². The van der Waals surface area contributed by atoms with Crippen molar-refractivity contribution >= 4 is 17.6 Å². The molecule has 0 amide bonds. The van der Waals surface area contributed by atoms with E-state index in [9.17, 15) is 4.79 Å². The van der Waals surface area contributed by atoms with E-state index in [0.29, 0.717) is 5.56 Å². The minimum Gasteiger partial charge on any atom is -0.457 e. The average molecular weight is 255 g/mol. The lowest BCUT2D eigenvalue weighted by Gasteiger charge is -2.29. The Hall–Kier alpha value is -1.13. The van der Waals surface area contributed by atoms with Crippen molar-refractivity contribution in [3.63, 3.8) is 0 Å². The smallest absolute Gasteiger partial charge is 0.341 e. The highest BCUT2D eigenvalue weighted by molar-refractivity contribution is 6.32. The summed E-state index contributed by atoms with van der Waals surface area (Å²) < 4.78 is 5.42. The first-order valence-electron chi connectivity index (χ1n) is 5.67. The summed E-state index contributed by atoms with van der Waals surface area (Å²) in [6, 6.07) is 3.31. The average Bonchev–Trinajstić information content (AvgIpc) is 2.29. The number of piperidine rings is 1. The lowest BCUT2D eigenvalue weighted by molar-refractivity contribution is 0.0108. The first-order chi connectivity index (χ1) is 8.16. The first kappa shape index (κ1) is 12.3. The Balaban J connectivity index is 1.99. The van der Waals surface area contributed by atoms with Crippen LogP contribution in [0, 0.1) is 0 Å². The lowest BCUT2D eigenvalue weighted by atomic mass is 10.1. The highest BCUT2D eigenvalue weighted by Gasteiger charge is 2.22. The maximum absolute atomic E-state index is 11.9. The molecule has 1 aliphatic rings. The second kappa shape index (κ2) is 5.47. The van der Waals surface area contributed by atoms with Gasteiger partial charge in [0.25, 0.3) is 0 Å². The molecular formula is C12H15ClN2O2. The monoisotopic (exact) mass is 254 g/mol. The van der Waals surface area contributed by atoms with Gasteiger partial charge in [-0.25, -0.2) is 9.78 Å². The molecule has 0 spiro atoms. The second-order valence-electron chi connectivity index (χ2n) is 4.27. The van der Waals surface area contributed by atoms with Gasteiger partial charge in [-0.15, -0.1) is 0 Å². The molecule has 17 heavy (non-hydrogen) atoms. The Bertz CT molecular complexity index is 411. The number of rotatable bonds is 2. The van der Waals surface area contributed by atoms with Crippen LogP contribution in [-0.4, -0.2) is 42.1 Å². The molecule has 0 saturated carbocycles. The molecule has 1 aromatic rings. The predicted octanol–water partition coefficient (Wildman–Crippen LogP) is 1.99. The van der Waals surface area contributed by atoms with Crippen molar-refractivity contribution in [2.45, 2.75) is 18.9 Å². The molecule has 0 bridgehead atoms. The van der Waals surface area contributed by atoms with E-state index in [4.69, 9.17) is 16.3 Å². The zero-order chi connectivity index (χ0) is 12.3. The minimum atomic E-state index is -0.386. The molecule has 1 atom stereocenters. The van der Waals surface area contributed by atoms with Gasteiger partial charge >= 0.3 is 5.97 Å². The van der Waals surface area contributed by atoms with Gasteiger partial charge in [-0.2, -0.15) is 0 Å². The van der Waals surface area contributed by atoms with Gasteiger partial charge in [0, 0.05) is 12.7 Å². The summed E-state index contributed by atoms with van der Waals surface area (Å²) in [4.78, 5) is 17.9. The molecule has 5 heteroatoms. The van der Waals surface area contributed by atoms with Crippen LogP contribution >= 0.6 is 11.6 Å². The molecule has 2 rings (SSSR count). The highest BCUT2D eigenvalue weighted by atomic mass is 35.5. The van der Waals surface area contributed by atoms with E-state index in [1.165, 1.54) is 0 Å². The molecule has 1 fully saturated rings. The molecule has 92 valence electrons. The van der Waals surface area contributed by atoms with Crippen molar-refractivity contribution in [2.75, 3.05) is 20.1 Å². The molecule has 1 saturated heterocycles. The fraction of sp³-hybridized carbons (Fsp3) is 0.500. The number of hydrogen-bond acceptors (Lipinski definition) is 4. The summed E-state index contributed by atoms with van der Waals surface area (Å²) >= 11 is 5.84. The molecule has 1 aliphatic heterocycles. The molecule has 0 aromatic carbocycles. The molecular weight excluding hydrogens is 240 g/mol. The molecule has 0 N–H and O–H groups in total. The maximum atomic E-state index is 11.9. The van der Waals surface area contributed by atoms with E-state index in [2.05, 4.69) is 9.88 Å². The molecule has 0 aliphatic carbocycles. The molecule has 0 radical (unpaired) electrons. The topological polar surface area (TPSA) is 42.4 Å². The maximum Gasteiger partial charge on any atom is 0.341 e. The van der Waals surface area contributed by atoms with Gasteiger partial charge in [0.15, 0.2) is 0 Å². The van der Waals surface area contributed by atoms with Gasteiger partial charge in [0.1, 0.15) is 11.3 Å². The highest BCUT2D eigenvalue weighted by Crippen LogP contribution is 2.17. The Morgan fingerprint density at radius 2 is 2.47 bits per heavy atom. The molecule has 2 heterocycles. The predicted molar refractivity (Wildman–Crippen MR) is 65.2 cm³/mol. The van der Waals surface area contributed by atoms with Gasteiger partial charge < -0.3 is 9.64 Å². The van der Waals surface area contributed by atoms with E-state index in [-0.39, 0.29) is 17.2 Å². The molecule has 4 nitrogen and oxygen atoms in total. The zero-order valence-electron chi connectivity index (χ0n) is 9.73. The van der Waals surface area contributed by atoms with Crippen LogP contribution in [0.25, 0.3) is 0 Å². The first-order valence-corrected chi connectivity index (χ1v) is 6.04. The van der Waals surface area contributed by atoms with Crippen LogP contribution in [0.1, 0.15) is 23.2 Å². The van der Waals surface area contributed by atoms with Gasteiger partial charge in [-0.1, -0.05) is 11.6 Å². The number of aromatic nitrogens is 1. The Kier molecular flexibility index (Phi) is 3.97. The van der Waals surface area contributed by atoms with Crippen LogP contribution in [0.3, 0.4) is 0 Å². The van der Waals surface area contributed by atoms with E-state index in [1.54, 1.807) is 18.3 Å². The summed E-state index contributed by atoms with van der Waals surface area (Å²) in [7, 11) is 2.02. The Labute approximate surface area is 106 Å². The van der Waals surface area contributed by atoms with Crippen LogP contribution < -0.4 is 0 Å². The second-order valence-corrected chi connectivity index (χ2v) is 4.63. The van der Waals surface area contributed by atoms with Crippen LogP contribution in [0.5, 0.6) is 0 Å². The van der Waals surface area contributed by atoms with E-state index < -0.39 is 0 Å². The number of likely N-dealkylation sites (N-methyl/N-ethyl adjacent to an activating group) is 1. The van der Waals surface area contributed by atoms with Crippen LogP contribution in [-0.2, 0) is 4.74 Å². The third-order valence-electron chi connectivity index (χ3n) is 2.83. The Morgan fingerprint density at radius 1 is 1.65 bits per heavy atom. The number of halogens is 1. The number of carbonyl (C=O) groups excluding carboxylic acids is 1. The van der Waals surface area contributed by atoms with Crippen LogP contribution in [0.2, 0.25) is 5.15 Å². The van der Waals surface area contributed by atoms with E-state index in [1.807, 2.05) is 7.05 Å². The van der Waals surface area contributed by atoms with Crippen molar-refractivity contribution in [1.29, 1.82) is 0 Å². The van der Waals surface area contributed by atoms with E-state index in [0.717, 1.165) is 25.9 Å². The summed E-state index contributed by atoms with van der Waals surface area (Å²) in [5.74, 6) is -0.386. The minimum absolute atomic E-state index is 0.0440. The number of ether oxygens (including phenoxy) is 1.